The van der Waals surface area contributed by atoms with E-state index in [0.29, 0.717) is 26.1 Å². The van der Waals surface area contributed by atoms with Crippen LogP contribution in [0.1, 0.15) is 20.3 Å². The molecule has 0 aliphatic heterocycles. The highest BCUT2D eigenvalue weighted by atomic mass is 16.1. The third-order valence-corrected chi connectivity index (χ3v) is 1.77. The van der Waals surface area contributed by atoms with Gasteiger partial charge in [0.1, 0.15) is 0 Å². The van der Waals surface area contributed by atoms with Crippen molar-refractivity contribution in [2.24, 2.45) is 0 Å². The van der Waals surface area contributed by atoms with Crippen molar-refractivity contribution in [2.75, 3.05) is 26.2 Å². The molecule has 0 saturated heterocycles. The molecule has 0 aromatic rings. The highest BCUT2D eigenvalue weighted by molar-refractivity contribution is 5.75. The van der Waals surface area contributed by atoms with Crippen LogP contribution < -0.4 is 5.32 Å². The van der Waals surface area contributed by atoms with Crippen molar-refractivity contribution in [1.29, 1.82) is 5.26 Å². The molecule has 13 heavy (non-hydrogen) atoms. The summed E-state index contributed by atoms with van der Waals surface area (Å²) in [6.45, 7) is 6.42. The van der Waals surface area contributed by atoms with Gasteiger partial charge in [-0.2, -0.15) is 5.26 Å². The van der Waals surface area contributed by atoms with Crippen LogP contribution in [0.3, 0.4) is 0 Å². The Kier molecular flexibility index (Phi) is 6.93. The Hall–Kier alpha value is -1.08. The van der Waals surface area contributed by atoms with Gasteiger partial charge < -0.3 is 5.32 Å². The second-order valence-electron chi connectivity index (χ2n) is 2.73. The number of carbonyl (C=O) groups excluding carboxylic acids is 1. The van der Waals surface area contributed by atoms with Gasteiger partial charge in [-0.05, 0) is 13.5 Å². The van der Waals surface area contributed by atoms with Crippen LogP contribution in [0.4, 0.5) is 0 Å². The van der Waals surface area contributed by atoms with Gasteiger partial charge in [-0.25, -0.2) is 0 Å². The second-order valence-corrected chi connectivity index (χ2v) is 2.73. The molecule has 0 heterocycles. The third-order valence-electron chi connectivity index (χ3n) is 1.77. The SMILES string of the molecule is CCNC(=O)CCN(CC)CC#N. The van der Waals surface area contributed by atoms with E-state index >= 15 is 0 Å². The molecule has 0 aromatic carbocycles. The first kappa shape index (κ1) is 11.9. The quantitative estimate of drug-likeness (QED) is 0.605. The number of amides is 1. The van der Waals surface area contributed by atoms with Gasteiger partial charge in [0.25, 0.3) is 0 Å². The molecule has 74 valence electrons. The number of carbonyl (C=O) groups is 1. The van der Waals surface area contributed by atoms with E-state index in [4.69, 9.17) is 5.26 Å². The summed E-state index contributed by atoms with van der Waals surface area (Å²) >= 11 is 0. The molecule has 4 heteroatoms. The van der Waals surface area contributed by atoms with Crippen molar-refractivity contribution in [2.45, 2.75) is 20.3 Å². The van der Waals surface area contributed by atoms with Crippen molar-refractivity contribution in [3.63, 3.8) is 0 Å². The Morgan fingerprint density at radius 1 is 1.54 bits per heavy atom. The number of nitrogens with zero attached hydrogens (tertiary/aromatic N) is 2. The Bertz CT molecular complexity index is 186. The van der Waals surface area contributed by atoms with Crippen LogP contribution in [0, 0.1) is 11.3 Å². The lowest BCUT2D eigenvalue weighted by atomic mass is 10.3. The summed E-state index contributed by atoms with van der Waals surface area (Å²) in [5, 5.41) is 11.2. The molecule has 0 bridgehead atoms. The van der Waals surface area contributed by atoms with Crippen LogP contribution in [0.5, 0.6) is 0 Å². The van der Waals surface area contributed by atoms with Gasteiger partial charge in [-0.15, -0.1) is 0 Å². The van der Waals surface area contributed by atoms with E-state index in [-0.39, 0.29) is 5.91 Å². The minimum Gasteiger partial charge on any atom is -0.356 e. The van der Waals surface area contributed by atoms with E-state index in [9.17, 15) is 4.79 Å². The van der Waals surface area contributed by atoms with Crippen molar-refractivity contribution in [3.05, 3.63) is 0 Å². The summed E-state index contributed by atoms with van der Waals surface area (Å²) in [5.41, 5.74) is 0. The molecule has 0 unspecified atom stereocenters. The van der Waals surface area contributed by atoms with Gasteiger partial charge in [0.15, 0.2) is 0 Å². The fourth-order valence-electron chi connectivity index (χ4n) is 0.994. The molecule has 1 N–H and O–H groups in total. The van der Waals surface area contributed by atoms with Crippen LogP contribution in [-0.2, 0) is 4.79 Å². The molecule has 0 radical (unpaired) electrons. The molecule has 0 saturated carbocycles. The summed E-state index contributed by atoms with van der Waals surface area (Å²) in [7, 11) is 0. The van der Waals surface area contributed by atoms with Crippen molar-refractivity contribution in [1.82, 2.24) is 10.2 Å². The molecule has 0 spiro atoms. The molecule has 0 atom stereocenters. The van der Waals surface area contributed by atoms with Gasteiger partial charge >= 0.3 is 0 Å². The minimum atomic E-state index is 0.0545. The molecule has 0 aliphatic rings. The molecule has 0 rings (SSSR count). The largest absolute Gasteiger partial charge is 0.356 e. The topological polar surface area (TPSA) is 56.1 Å². The molecule has 1 amide bonds. The van der Waals surface area contributed by atoms with Crippen molar-refractivity contribution < 1.29 is 4.79 Å². The van der Waals surface area contributed by atoms with Crippen LogP contribution in [0.25, 0.3) is 0 Å². The first-order valence-corrected chi connectivity index (χ1v) is 4.60. The van der Waals surface area contributed by atoms with E-state index < -0.39 is 0 Å². The Morgan fingerprint density at radius 3 is 2.69 bits per heavy atom. The zero-order chi connectivity index (χ0) is 10.1. The van der Waals surface area contributed by atoms with Gasteiger partial charge in [-0.1, -0.05) is 6.92 Å². The van der Waals surface area contributed by atoms with Gasteiger partial charge in [0.05, 0.1) is 12.6 Å². The summed E-state index contributed by atoms with van der Waals surface area (Å²) in [6, 6.07) is 2.07. The maximum atomic E-state index is 11.0. The fourth-order valence-corrected chi connectivity index (χ4v) is 0.994. The highest BCUT2D eigenvalue weighted by Crippen LogP contribution is 1.90. The zero-order valence-corrected chi connectivity index (χ0v) is 8.34. The van der Waals surface area contributed by atoms with Crippen LogP contribution in [0.2, 0.25) is 0 Å². The minimum absolute atomic E-state index is 0.0545. The predicted octanol–water partition coefficient (Wildman–Crippen LogP) is 0.358. The Labute approximate surface area is 79.5 Å². The Balaban J connectivity index is 3.60. The van der Waals surface area contributed by atoms with E-state index in [1.165, 1.54) is 0 Å². The average molecular weight is 183 g/mol. The summed E-state index contributed by atoms with van der Waals surface area (Å²) in [6.07, 6.45) is 0.476. The molecule has 0 aliphatic carbocycles. The van der Waals surface area contributed by atoms with Crippen LogP contribution >= 0.6 is 0 Å². The predicted molar refractivity (Wildman–Crippen MR) is 51.0 cm³/mol. The Morgan fingerprint density at radius 2 is 2.23 bits per heavy atom. The number of hydrogen-bond donors (Lipinski definition) is 1. The fraction of sp³-hybridized carbons (Fsp3) is 0.778. The second kappa shape index (κ2) is 7.56. The monoisotopic (exact) mass is 183 g/mol. The van der Waals surface area contributed by atoms with E-state index in [2.05, 4.69) is 11.4 Å². The molecule has 0 aromatic heterocycles. The van der Waals surface area contributed by atoms with Gasteiger partial charge in [-0.3, -0.25) is 9.69 Å². The number of nitrogens with one attached hydrogen (secondary N) is 1. The highest BCUT2D eigenvalue weighted by Gasteiger charge is 2.04. The van der Waals surface area contributed by atoms with Crippen LogP contribution in [0.15, 0.2) is 0 Å². The maximum absolute atomic E-state index is 11.0. The summed E-state index contributed by atoms with van der Waals surface area (Å²) < 4.78 is 0. The van der Waals surface area contributed by atoms with Crippen molar-refractivity contribution >= 4 is 5.91 Å². The van der Waals surface area contributed by atoms with Gasteiger partial charge in [0, 0.05) is 19.5 Å². The number of nitriles is 1. The first-order valence-electron chi connectivity index (χ1n) is 4.60. The third kappa shape index (κ3) is 6.12. The summed E-state index contributed by atoms with van der Waals surface area (Å²) in [4.78, 5) is 13.0. The molecular weight excluding hydrogens is 166 g/mol. The standard InChI is InChI=1S/C9H17N3O/c1-3-11-9(13)5-7-12(4-2)8-6-10/h3-5,7-8H2,1-2H3,(H,11,13). The van der Waals surface area contributed by atoms with Crippen molar-refractivity contribution in [3.8, 4) is 6.07 Å². The zero-order valence-electron chi connectivity index (χ0n) is 8.34. The van der Waals surface area contributed by atoms with E-state index in [1.54, 1.807) is 0 Å². The van der Waals surface area contributed by atoms with E-state index in [1.807, 2.05) is 18.7 Å². The van der Waals surface area contributed by atoms with Gasteiger partial charge in [0.2, 0.25) is 5.91 Å². The molecular formula is C9H17N3O. The number of hydrogen-bond acceptors (Lipinski definition) is 3. The lowest BCUT2D eigenvalue weighted by molar-refractivity contribution is -0.121. The maximum Gasteiger partial charge on any atom is 0.221 e. The smallest absolute Gasteiger partial charge is 0.221 e. The van der Waals surface area contributed by atoms with E-state index in [0.717, 1.165) is 6.54 Å². The normalized spacial score (nSPS) is 9.69. The lowest BCUT2D eigenvalue weighted by Gasteiger charge is -2.15. The average Bonchev–Trinajstić information content (AvgIpc) is 2.12. The number of rotatable bonds is 6. The van der Waals surface area contributed by atoms with Crippen LogP contribution in [-0.4, -0.2) is 37.0 Å². The lowest BCUT2D eigenvalue weighted by Crippen LogP contribution is -2.30. The first-order chi connectivity index (χ1) is 6.24. The molecule has 0 fully saturated rings. The molecule has 4 nitrogen and oxygen atoms in total. The summed E-state index contributed by atoms with van der Waals surface area (Å²) in [5.74, 6) is 0.0545.